The Kier molecular flexibility index (Phi) is 6.48. The van der Waals surface area contributed by atoms with Crippen LogP contribution < -0.4 is 17.0 Å². The zero-order chi connectivity index (χ0) is 27.5. The third-order valence-corrected chi connectivity index (χ3v) is 9.26. The number of nitrogen functional groups attached to an aromatic ring is 1. The summed E-state index contributed by atoms with van der Waals surface area (Å²) in [6.07, 6.45) is 2.50. The molecule has 0 spiro atoms. The van der Waals surface area contributed by atoms with Gasteiger partial charge in [0.15, 0.2) is 6.61 Å². The first-order valence-corrected chi connectivity index (χ1v) is 13.4. The maximum absolute atomic E-state index is 13.6. The maximum Gasteiger partial charge on any atom is 0.338 e. The van der Waals surface area contributed by atoms with E-state index in [1.165, 1.54) is 38.4 Å². The highest BCUT2D eigenvalue weighted by Gasteiger charge is 2.53. The van der Waals surface area contributed by atoms with Gasteiger partial charge in [-0.3, -0.25) is 18.7 Å². The van der Waals surface area contributed by atoms with Crippen LogP contribution in [0.2, 0.25) is 0 Å². The first-order valence-electron chi connectivity index (χ1n) is 11.9. The van der Waals surface area contributed by atoms with Crippen molar-refractivity contribution in [3.8, 4) is 0 Å². The van der Waals surface area contributed by atoms with Gasteiger partial charge < -0.3 is 10.5 Å². The highest BCUT2D eigenvalue weighted by Crippen LogP contribution is 2.53. The number of hydrogen-bond donors (Lipinski definition) is 1. The van der Waals surface area contributed by atoms with E-state index in [1.807, 2.05) is 0 Å². The molecule has 1 saturated carbocycles. The molecule has 0 unspecified atom stereocenters. The van der Waals surface area contributed by atoms with Crippen molar-refractivity contribution in [2.45, 2.75) is 51.0 Å². The molecule has 12 heteroatoms. The molecule has 11 nitrogen and oxygen atoms in total. The minimum atomic E-state index is -3.87. The fraction of sp³-hybridized carbons (Fsp3) is 0.520. The summed E-state index contributed by atoms with van der Waals surface area (Å²) in [4.78, 5) is 49.6. The monoisotopic (exact) mass is 532 g/mol. The molecule has 1 aromatic carbocycles. The fourth-order valence-electron chi connectivity index (χ4n) is 6.02. The summed E-state index contributed by atoms with van der Waals surface area (Å²) in [6, 6.07) is 5.39. The van der Waals surface area contributed by atoms with Gasteiger partial charge in [-0.1, -0.05) is 26.8 Å². The second kappa shape index (κ2) is 8.95. The number of anilines is 1. The number of esters is 1. The lowest BCUT2D eigenvalue weighted by Crippen LogP contribution is -2.42. The van der Waals surface area contributed by atoms with Gasteiger partial charge in [-0.2, -0.15) is 4.31 Å². The van der Waals surface area contributed by atoms with Crippen LogP contribution in [0.5, 0.6) is 0 Å². The summed E-state index contributed by atoms with van der Waals surface area (Å²) >= 11 is 0. The van der Waals surface area contributed by atoms with E-state index in [9.17, 15) is 27.6 Å². The highest BCUT2D eigenvalue weighted by atomic mass is 32.2. The third-order valence-electron chi connectivity index (χ3n) is 7.37. The van der Waals surface area contributed by atoms with Crippen LogP contribution in [0.4, 0.5) is 5.82 Å². The minimum absolute atomic E-state index is 0.0293. The molecule has 1 aliphatic carbocycles. The molecule has 4 rings (SSSR count). The van der Waals surface area contributed by atoms with Crippen LogP contribution in [0, 0.1) is 10.8 Å². The van der Waals surface area contributed by atoms with Gasteiger partial charge in [0.05, 0.1) is 10.5 Å². The summed E-state index contributed by atoms with van der Waals surface area (Å²) in [7, 11) is -1.36. The number of carbonyl (C=O) groups is 2. The van der Waals surface area contributed by atoms with Crippen molar-refractivity contribution in [3.63, 3.8) is 0 Å². The summed E-state index contributed by atoms with van der Waals surface area (Å²) in [6.45, 7) is 6.04. The fourth-order valence-corrected chi connectivity index (χ4v) is 7.84. The number of nitrogens with zero attached hydrogens (tertiary/aromatic N) is 3. The molecular formula is C25H32N4O7S. The Bertz CT molecular complexity index is 1520. The Morgan fingerprint density at radius 1 is 1.11 bits per heavy atom. The molecule has 2 atom stereocenters. The second-order valence-corrected chi connectivity index (χ2v) is 13.1. The third kappa shape index (κ3) is 4.75. The van der Waals surface area contributed by atoms with Crippen LogP contribution in [0.15, 0.2) is 38.8 Å². The normalized spacial score (nSPS) is 23.1. The minimum Gasteiger partial charge on any atom is -0.454 e. The van der Waals surface area contributed by atoms with Crippen molar-refractivity contribution >= 4 is 27.6 Å². The van der Waals surface area contributed by atoms with Gasteiger partial charge in [-0.05, 0) is 48.3 Å². The molecule has 1 saturated heterocycles. The van der Waals surface area contributed by atoms with E-state index in [-0.39, 0.29) is 33.1 Å². The van der Waals surface area contributed by atoms with Crippen molar-refractivity contribution < 1.29 is 22.7 Å². The summed E-state index contributed by atoms with van der Waals surface area (Å²) < 4.78 is 35.4. The number of fused-ring (bicyclic) bond motifs is 2. The van der Waals surface area contributed by atoms with Crippen LogP contribution in [0.3, 0.4) is 0 Å². The van der Waals surface area contributed by atoms with Crippen molar-refractivity contribution in [1.29, 1.82) is 0 Å². The predicted octanol–water partition coefficient (Wildman–Crippen LogP) is 1.30. The van der Waals surface area contributed by atoms with Crippen LogP contribution in [0.25, 0.3) is 0 Å². The Hall–Kier alpha value is -3.25. The summed E-state index contributed by atoms with van der Waals surface area (Å²) in [5.74, 6) is -2.15. The molecule has 0 amide bonds. The number of Topliss-reactive ketones (excluding diaryl/α,β-unsaturated/α-hetero) is 1. The average molecular weight is 533 g/mol. The van der Waals surface area contributed by atoms with Crippen LogP contribution in [-0.2, 0) is 28.9 Å². The largest absolute Gasteiger partial charge is 0.454 e. The van der Waals surface area contributed by atoms with Gasteiger partial charge >= 0.3 is 11.7 Å². The van der Waals surface area contributed by atoms with Gasteiger partial charge in [0.25, 0.3) is 5.56 Å². The number of ether oxygens (including phenoxy) is 1. The number of sulfonamides is 1. The molecule has 2 heterocycles. The molecule has 2 fully saturated rings. The van der Waals surface area contributed by atoms with Crippen molar-refractivity contribution in [1.82, 2.24) is 13.4 Å². The van der Waals surface area contributed by atoms with Crippen LogP contribution in [0.1, 0.15) is 60.7 Å². The van der Waals surface area contributed by atoms with Crippen molar-refractivity contribution in [3.05, 3.63) is 56.2 Å². The lowest BCUT2D eigenvalue weighted by molar-refractivity contribution is 0.0474. The van der Waals surface area contributed by atoms with E-state index in [0.29, 0.717) is 6.54 Å². The van der Waals surface area contributed by atoms with Gasteiger partial charge in [0, 0.05) is 26.7 Å². The average Bonchev–Trinajstić information content (AvgIpc) is 3.09. The first-order chi connectivity index (χ1) is 17.1. The van der Waals surface area contributed by atoms with E-state index in [2.05, 4.69) is 20.8 Å². The smallest absolute Gasteiger partial charge is 0.338 e. The molecular weight excluding hydrogens is 500 g/mol. The van der Waals surface area contributed by atoms with E-state index in [1.54, 1.807) is 4.31 Å². The zero-order valence-electron chi connectivity index (χ0n) is 21.6. The molecule has 0 radical (unpaired) electrons. The number of nitrogens with two attached hydrogens (primary N) is 1. The maximum atomic E-state index is 13.6. The zero-order valence-corrected chi connectivity index (χ0v) is 22.4. The predicted molar refractivity (Wildman–Crippen MR) is 136 cm³/mol. The van der Waals surface area contributed by atoms with Gasteiger partial charge in [0.2, 0.25) is 15.8 Å². The molecule has 2 bridgehead atoms. The number of aromatic nitrogens is 2. The Labute approximate surface area is 214 Å². The topological polar surface area (TPSA) is 151 Å². The first kappa shape index (κ1) is 26.8. The standard InChI is InChI=1S/C25H32N4O7S/c1-24(2)10-16-11-25(3,13-24)14-29(16)37(34,35)17-8-6-7-15(9-17)22(32)36-12-18(30)19-20(26)27(4)23(33)28(5)21(19)31/h6-9,16H,10-14,26H2,1-5H3/t16-,25-/m1/s1. The quantitative estimate of drug-likeness (QED) is 0.432. The number of hydrogen-bond acceptors (Lipinski definition) is 8. The van der Waals surface area contributed by atoms with Crippen LogP contribution in [-0.4, -0.2) is 52.8 Å². The van der Waals surface area contributed by atoms with Crippen LogP contribution >= 0.6 is 0 Å². The van der Waals surface area contributed by atoms with Gasteiger partial charge in [-0.15, -0.1) is 0 Å². The highest BCUT2D eigenvalue weighted by molar-refractivity contribution is 7.89. The second-order valence-electron chi connectivity index (χ2n) is 11.3. The molecule has 1 aliphatic heterocycles. The Balaban J connectivity index is 1.53. The van der Waals surface area contributed by atoms with Gasteiger partial charge in [0.1, 0.15) is 11.4 Å². The van der Waals surface area contributed by atoms with E-state index < -0.39 is 45.2 Å². The lowest BCUT2D eigenvalue weighted by atomic mass is 9.65. The van der Waals surface area contributed by atoms with E-state index in [0.717, 1.165) is 28.4 Å². The lowest BCUT2D eigenvalue weighted by Gasteiger charge is -2.39. The number of carbonyl (C=O) groups excluding carboxylic acids is 2. The SMILES string of the molecule is Cn1c(N)c(C(=O)COC(=O)c2cccc(S(=O)(=O)N3C[C@]4(C)C[C@H]3CC(C)(C)C4)c2)c(=O)n(C)c1=O. The van der Waals surface area contributed by atoms with E-state index in [4.69, 9.17) is 10.5 Å². The summed E-state index contributed by atoms with van der Waals surface area (Å²) in [5.41, 5.74) is 3.60. The molecule has 37 heavy (non-hydrogen) atoms. The molecule has 2 aliphatic rings. The number of benzene rings is 1. The molecule has 1 aromatic heterocycles. The molecule has 2 N–H and O–H groups in total. The molecule has 2 aromatic rings. The number of rotatable bonds is 6. The van der Waals surface area contributed by atoms with E-state index >= 15 is 0 Å². The summed E-state index contributed by atoms with van der Waals surface area (Å²) in [5, 5.41) is 0. The number of ketones is 1. The molecule has 200 valence electrons. The van der Waals surface area contributed by atoms with Crippen molar-refractivity contribution in [2.24, 2.45) is 24.9 Å². The van der Waals surface area contributed by atoms with Gasteiger partial charge in [-0.25, -0.2) is 18.0 Å². The van der Waals surface area contributed by atoms with Crippen molar-refractivity contribution in [2.75, 3.05) is 18.9 Å². The Morgan fingerprint density at radius 2 is 1.78 bits per heavy atom. The Morgan fingerprint density at radius 3 is 2.46 bits per heavy atom.